The van der Waals surface area contributed by atoms with Gasteiger partial charge in [-0.15, -0.1) is 0 Å². The fraction of sp³-hybridized carbons (Fsp3) is 0.148. The second kappa shape index (κ2) is 9.02. The molecule has 0 saturated carbocycles. The van der Waals surface area contributed by atoms with Crippen LogP contribution in [0.5, 0.6) is 0 Å². The predicted octanol–water partition coefficient (Wildman–Crippen LogP) is 5.47. The first-order valence-corrected chi connectivity index (χ1v) is 10.6. The zero-order chi connectivity index (χ0) is 22.7. The van der Waals surface area contributed by atoms with Crippen LogP contribution in [0.1, 0.15) is 28.4 Å². The lowest BCUT2D eigenvalue weighted by atomic mass is 9.95. The van der Waals surface area contributed by atoms with Crippen LogP contribution in [0.25, 0.3) is 22.4 Å². The van der Waals surface area contributed by atoms with Crippen LogP contribution in [0.2, 0.25) is 0 Å². The van der Waals surface area contributed by atoms with Crippen molar-refractivity contribution in [2.75, 3.05) is 5.32 Å². The molecule has 0 radical (unpaired) electrons. The summed E-state index contributed by atoms with van der Waals surface area (Å²) in [5, 5.41) is 7.61. The predicted molar refractivity (Wildman–Crippen MR) is 129 cm³/mol. The molecule has 3 aromatic carbocycles. The van der Waals surface area contributed by atoms with E-state index in [9.17, 15) is 9.59 Å². The number of aryl methyl sites for hydroxylation is 3. The maximum Gasteiger partial charge on any atom is 0.280 e. The Labute approximate surface area is 187 Å². The van der Waals surface area contributed by atoms with E-state index >= 15 is 0 Å². The molecule has 1 aromatic heterocycles. The molecule has 4 rings (SSSR count). The van der Waals surface area contributed by atoms with Crippen molar-refractivity contribution in [2.24, 2.45) is 0 Å². The Bertz CT molecular complexity index is 1330. The minimum Gasteiger partial charge on any atom is -0.322 e. The highest BCUT2D eigenvalue weighted by atomic mass is 16.2. The summed E-state index contributed by atoms with van der Waals surface area (Å²) in [5.74, 6) is -0.440. The van der Waals surface area contributed by atoms with E-state index in [1.165, 1.54) is 4.68 Å². The van der Waals surface area contributed by atoms with Crippen LogP contribution < -0.4 is 10.9 Å². The molecule has 0 spiro atoms. The van der Waals surface area contributed by atoms with Gasteiger partial charge in [0.1, 0.15) is 5.56 Å². The molecule has 160 valence electrons. The summed E-state index contributed by atoms with van der Waals surface area (Å²) in [6.07, 6.45) is 0. The molecule has 5 nitrogen and oxygen atoms in total. The third-order valence-corrected chi connectivity index (χ3v) is 5.43. The summed E-state index contributed by atoms with van der Waals surface area (Å²) in [6, 6.07) is 25.0. The molecule has 5 heteroatoms. The van der Waals surface area contributed by atoms with Crippen LogP contribution in [-0.4, -0.2) is 15.7 Å². The highest BCUT2D eigenvalue weighted by Crippen LogP contribution is 2.32. The number of amides is 1. The van der Waals surface area contributed by atoms with Gasteiger partial charge in [0.15, 0.2) is 0 Å². The van der Waals surface area contributed by atoms with Crippen molar-refractivity contribution in [3.63, 3.8) is 0 Å². The smallest absolute Gasteiger partial charge is 0.280 e. The van der Waals surface area contributed by atoms with Gasteiger partial charge in [0.25, 0.3) is 11.5 Å². The lowest BCUT2D eigenvalue weighted by Gasteiger charge is -2.17. The molecule has 1 N–H and O–H groups in total. The highest BCUT2D eigenvalue weighted by Gasteiger charge is 2.25. The fourth-order valence-electron chi connectivity index (χ4n) is 3.73. The van der Waals surface area contributed by atoms with E-state index in [1.54, 1.807) is 0 Å². The van der Waals surface area contributed by atoms with E-state index in [4.69, 9.17) is 0 Å². The molecule has 1 heterocycles. The highest BCUT2D eigenvalue weighted by molar-refractivity contribution is 6.10. The molecule has 0 atom stereocenters. The monoisotopic (exact) mass is 423 g/mol. The average Bonchev–Trinajstić information content (AvgIpc) is 2.82. The zero-order valence-corrected chi connectivity index (χ0v) is 18.4. The van der Waals surface area contributed by atoms with Gasteiger partial charge in [0, 0.05) is 23.4 Å². The Balaban J connectivity index is 1.99. The van der Waals surface area contributed by atoms with Crippen LogP contribution >= 0.6 is 0 Å². The summed E-state index contributed by atoms with van der Waals surface area (Å²) in [6.45, 7) is 6.10. The second-order valence-corrected chi connectivity index (χ2v) is 7.72. The van der Waals surface area contributed by atoms with Crippen LogP contribution in [0.4, 0.5) is 5.69 Å². The van der Waals surface area contributed by atoms with E-state index in [0.717, 1.165) is 22.3 Å². The van der Waals surface area contributed by atoms with Crippen LogP contribution in [0, 0.1) is 13.8 Å². The molecule has 0 unspecified atom stereocenters. The summed E-state index contributed by atoms with van der Waals surface area (Å²) < 4.78 is 1.35. The second-order valence-electron chi connectivity index (χ2n) is 7.72. The number of hydrogen-bond donors (Lipinski definition) is 1. The Morgan fingerprint density at radius 3 is 2.16 bits per heavy atom. The molecule has 4 aromatic rings. The van der Waals surface area contributed by atoms with Gasteiger partial charge < -0.3 is 5.32 Å². The summed E-state index contributed by atoms with van der Waals surface area (Å²) in [5.41, 5.74) is 5.08. The van der Waals surface area contributed by atoms with Crippen molar-refractivity contribution in [1.82, 2.24) is 9.78 Å². The Kier molecular flexibility index (Phi) is 5.99. The van der Waals surface area contributed by atoms with E-state index in [2.05, 4.69) is 10.4 Å². The first-order valence-electron chi connectivity index (χ1n) is 10.6. The van der Waals surface area contributed by atoms with Crippen molar-refractivity contribution < 1.29 is 4.79 Å². The van der Waals surface area contributed by atoms with E-state index < -0.39 is 11.5 Å². The number of benzene rings is 3. The number of nitrogens with zero attached hydrogens (tertiary/aromatic N) is 2. The summed E-state index contributed by atoms with van der Waals surface area (Å²) in [7, 11) is 0. The number of rotatable bonds is 5. The van der Waals surface area contributed by atoms with Crippen LogP contribution in [0.3, 0.4) is 0 Å². The van der Waals surface area contributed by atoms with Crippen molar-refractivity contribution >= 4 is 11.6 Å². The lowest BCUT2D eigenvalue weighted by molar-refractivity contribution is 0.102. The number of aromatic nitrogens is 2. The minimum absolute atomic E-state index is 0.0906. The molecule has 0 aliphatic carbocycles. The van der Waals surface area contributed by atoms with Crippen molar-refractivity contribution in [1.29, 1.82) is 0 Å². The average molecular weight is 424 g/mol. The summed E-state index contributed by atoms with van der Waals surface area (Å²) >= 11 is 0. The van der Waals surface area contributed by atoms with Crippen molar-refractivity contribution in [3.05, 3.63) is 106 Å². The first-order chi connectivity index (χ1) is 15.5. The lowest BCUT2D eigenvalue weighted by Crippen LogP contribution is -2.32. The number of carbonyl (C=O) groups is 1. The van der Waals surface area contributed by atoms with Gasteiger partial charge in [-0.25, -0.2) is 4.68 Å². The maximum absolute atomic E-state index is 13.6. The van der Waals surface area contributed by atoms with E-state index in [0.29, 0.717) is 23.5 Å². The molecule has 0 aliphatic rings. The van der Waals surface area contributed by atoms with Crippen molar-refractivity contribution in [3.8, 4) is 22.4 Å². The van der Waals surface area contributed by atoms with Gasteiger partial charge in [-0.05, 0) is 43.5 Å². The molecule has 0 fully saturated rings. The van der Waals surface area contributed by atoms with Gasteiger partial charge in [-0.2, -0.15) is 5.10 Å². The normalized spacial score (nSPS) is 10.7. The molecule has 1 amide bonds. The molecule has 0 saturated heterocycles. The molecular formula is C27H25N3O2. The maximum atomic E-state index is 13.6. The number of anilines is 1. The standard InChI is InChI=1S/C27H25N3O2/c1-4-30-27(32)24(26(31)28-22-17-18(2)15-16-19(22)3)23(20-11-7-5-8-12-20)25(29-30)21-13-9-6-10-14-21/h5-17H,4H2,1-3H3,(H,28,31). The topological polar surface area (TPSA) is 64.0 Å². The van der Waals surface area contributed by atoms with Crippen molar-refractivity contribution in [2.45, 2.75) is 27.3 Å². The molecular weight excluding hydrogens is 398 g/mol. The fourth-order valence-corrected chi connectivity index (χ4v) is 3.73. The Morgan fingerprint density at radius 2 is 1.53 bits per heavy atom. The first kappa shape index (κ1) is 21.2. The Morgan fingerprint density at radius 1 is 0.906 bits per heavy atom. The van der Waals surface area contributed by atoms with Gasteiger partial charge in [-0.3, -0.25) is 9.59 Å². The van der Waals surface area contributed by atoms with E-state index in [-0.39, 0.29) is 5.56 Å². The van der Waals surface area contributed by atoms with Gasteiger partial charge >= 0.3 is 0 Å². The quantitative estimate of drug-likeness (QED) is 0.463. The summed E-state index contributed by atoms with van der Waals surface area (Å²) in [4.78, 5) is 27.0. The zero-order valence-electron chi connectivity index (χ0n) is 18.4. The number of hydrogen-bond acceptors (Lipinski definition) is 3. The van der Waals surface area contributed by atoms with Crippen LogP contribution in [0.15, 0.2) is 83.7 Å². The number of carbonyl (C=O) groups excluding carboxylic acids is 1. The van der Waals surface area contributed by atoms with Gasteiger partial charge in [-0.1, -0.05) is 72.8 Å². The SMILES string of the molecule is CCn1nc(-c2ccccc2)c(-c2ccccc2)c(C(=O)Nc2cc(C)ccc2C)c1=O. The third kappa shape index (κ3) is 4.10. The third-order valence-electron chi connectivity index (χ3n) is 5.43. The Hall–Kier alpha value is -3.99. The molecule has 0 bridgehead atoms. The van der Waals surface area contributed by atoms with E-state index in [1.807, 2.05) is 99.6 Å². The molecule has 0 aliphatic heterocycles. The molecule has 32 heavy (non-hydrogen) atoms. The minimum atomic E-state index is -0.440. The van der Waals surface area contributed by atoms with Crippen LogP contribution in [-0.2, 0) is 6.54 Å². The van der Waals surface area contributed by atoms with Gasteiger partial charge in [0.05, 0.1) is 5.69 Å². The number of nitrogens with one attached hydrogen (secondary N) is 1. The van der Waals surface area contributed by atoms with Gasteiger partial charge in [0.2, 0.25) is 0 Å². The largest absolute Gasteiger partial charge is 0.322 e.